The lowest BCUT2D eigenvalue weighted by atomic mass is 10.1. The van der Waals surface area contributed by atoms with Gasteiger partial charge in [0.25, 0.3) is 0 Å². The van der Waals surface area contributed by atoms with Crippen molar-refractivity contribution in [2.24, 2.45) is 0 Å². The van der Waals surface area contributed by atoms with Crippen molar-refractivity contribution < 1.29 is 13.5 Å². The highest BCUT2D eigenvalue weighted by molar-refractivity contribution is 7.89. The summed E-state index contributed by atoms with van der Waals surface area (Å²) in [5.41, 5.74) is 1.54. The molecular formula is C16H17Cl2NO3S. The molecule has 0 aromatic heterocycles. The molecule has 0 saturated carbocycles. The fourth-order valence-corrected chi connectivity index (χ4v) is 3.98. The molecule has 0 bridgehead atoms. The molecule has 0 fully saturated rings. The van der Waals surface area contributed by atoms with Gasteiger partial charge >= 0.3 is 0 Å². The zero-order valence-corrected chi connectivity index (χ0v) is 14.8. The van der Waals surface area contributed by atoms with Crippen molar-refractivity contribution in [1.82, 2.24) is 4.72 Å². The van der Waals surface area contributed by atoms with Crippen LogP contribution in [0.4, 0.5) is 0 Å². The van der Waals surface area contributed by atoms with Gasteiger partial charge in [-0.1, -0.05) is 53.5 Å². The van der Waals surface area contributed by atoms with Gasteiger partial charge in [-0.3, -0.25) is 0 Å². The van der Waals surface area contributed by atoms with E-state index >= 15 is 0 Å². The van der Waals surface area contributed by atoms with E-state index in [0.717, 1.165) is 5.56 Å². The molecule has 2 aromatic carbocycles. The van der Waals surface area contributed by atoms with Gasteiger partial charge in [0, 0.05) is 11.6 Å². The summed E-state index contributed by atoms with van der Waals surface area (Å²) in [6.07, 6.45) is -0.476. The van der Waals surface area contributed by atoms with Crippen molar-refractivity contribution in [3.8, 4) is 0 Å². The minimum Gasteiger partial charge on any atom is -0.391 e. The van der Waals surface area contributed by atoms with Crippen LogP contribution in [-0.4, -0.2) is 26.2 Å². The lowest BCUT2D eigenvalue weighted by Gasteiger charge is -2.14. The number of sulfonamides is 1. The summed E-state index contributed by atoms with van der Waals surface area (Å²) in [5.74, 6) is 0. The third-order valence-corrected chi connectivity index (χ3v) is 5.62. The Morgan fingerprint density at radius 1 is 1.13 bits per heavy atom. The molecule has 1 atom stereocenters. The molecule has 2 rings (SSSR count). The molecule has 0 radical (unpaired) electrons. The Balaban J connectivity index is 2.06. The fourth-order valence-electron chi connectivity index (χ4n) is 2.08. The average Bonchev–Trinajstić information content (AvgIpc) is 2.50. The van der Waals surface area contributed by atoms with Gasteiger partial charge in [0.15, 0.2) is 0 Å². The molecule has 0 aliphatic carbocycles. The Morgan fingerprint density at radius 3 is 2.43 bits per heavy atom. The van der Waals surface area contributed by atoms with Crippen LogP contribution in [0, 0.1) is 6.92 Å². The molecule has 7 heteroatoms. The second-order valence-electron chi connectivity index (χ2n) is 5.23. The van der Waals surface area contributed by atoms with Crippen LogP contribution in [0.25, 0.3) is 0 Å². The smallest absolute Gasteiger partial charge is 0.242 e. The van der Waals surface area contributed by atoms with E-state index in [0.29, 0.717) is 17.0 Å². The lowest BCUT2D eigenvalue weighted by Crippen LogP contribution is -2.33. The summed E-state index contributed by atoms with van der Waals surface area (Å²) in [6.45, 7) is 1.59. The van der Waals surface area contributed by atoms with E-state index in [1.807, 2.05) is 30.3 Å². The number of aryl methyl sites for hydroxylation is 1. The highest BCUT2D eigenvalue weighted by atomic mass is 35.5. The summed E-state index contributed by atoms with van der Waals surface area (Å²) in [5, 5.41) is 10.4. The van der Waals surface area contributed by atoms with Gasteiger partial charge in [0.1, 0.15) is 4.90 Å². The first-order valence-electron chi connectivity index (χ1n) is 6.97. The Hall–Kier alpha value is -1.11. The van der Waals surface area contributed by atoms with Crippen LogP contribution < -0.4 is 4.72 Å². The predicted octanol–water partition coefficient (Wildman–Crippen LogP) is 3.18. The van der Waals surface area contributed by atoms with Crippen LogP contribution in [0.1, 0.15) is 11.1 Å². The van der Waals surface area contributed by atoms with E-state index < -0.39 is 16.1 Å². The molecule has 4 nitrogen and oxygen atoms in total. The highest BCUT2D eigenvalue weighted by Crippen LogP contribution is 2.28. The van der Waals surface area contributed by atoms with Gasteiger partial charge in [-0.05, 0) is 36.6 Å². The Morgan fingerprint density at radius 2 is 1.78 bits per heavy atom. The quantitative estimate of drug-likeness (QED) is 0.816. The Bertz CT molecular complexity index is 779. The summed E-state index contributed by atoms with van der Waals surface area (Å²) < 4.78 is 27.0. The average molecular weight is 374 g/mol. The van der Waals surface area contributed by atoms with Crippen molar-refractivity contribution >= 4 is 33.2 Å². The zero-order valence-electron chi connectivity index (χ0n) is 12.5. The first-order chi connectivity index (χ1) is 10.8. The molecule has 1 unspecified atom stereocenters. The van der Waals surface area contributed by atoms with E-state index in [2.05, 4.69) is 4.72 Å². The Labute approximate surface area is 146 Å². The van der Waals surface area contributed by atoms with Crippen LogP contribution in [-0.2, 0) is 16.4 Å². The van der Waals surface area contributed by atoms with E-state index in [1.54, 1.807) is 6.92 Å². The highest BCUT2D eigenvalue weighted by Gasteiger charge is 2.20. The second kappa shape index (κ2) is 7.64. The lowest BCUT2D eigenvalue weighted by molar-refractivity contribution is 0.179. The normalized spacial score (nSPS) is 13.0. The van der Waals surface area contributed by atoms with Crippen LogP contribution in [0.15, 0.2) is 47.4 Å². The topological polar surface area (TPSA) is 66.4 Å². The molecule has 2 aromatic rings. The van der Waals surface area contributed by atoms with Crippen LogP contribution in [0.2, 0.25) is 10.0 Å². The predicted molar refractivity (Wildman–Crippen MR) is 92.5 cm³/mol. The SMILES string of the molecule is Cc1cc(S(=O)(=O)NCC(O)Cc2ccccc2)c(Cl)cc1Cl. The number of halogens is 2. The first kappa shape index (κ1) is 18.2. The van der Waals surface area contributed by atoms with Crippen molar-refractivity contribution in [2.45, 2.75) is 24.3 Å². The maximum absolute atomic E-state index is 12.3. The summed E-state index contributed by atoms with van der Waals surface area (Å²) >= 11 is 11.9. The van der Waals surface area contributed by atoms with Crippen molar-refractivity contribution in [3.63, 3.8) is 0 Å². The maximum atomic E-state index is 12.3. The monoisotopic (exact) mass is 373 g/mol. The van der Waals surface area contributed by atoms with Gasteiger partial charge in [0.2, 0.25) is 10.0 Å². The molecule has 0 aliphatic rings. The van der Waals surface area contributed by atoms with Gasteiger partial charge in [-0.25, -0.2) is 13.1 Å². The number of hydrogen-bond donors (Lipinski definition) is 2. The summed E-state index contributed by atoms with van der Waals surface area (Å²) in [4.78, 5) is -0.0482. The summed E-state index contributed by atoms with van der Waals surface area (Å²) in [7, 11) is -3.82. The molecule has 0 amide bonds. The molecular weight excluding hydrogens is 357 g/mol. The van der Waals surface area contributed by atoms with Crippen molar-refractivity contribution in [1.29, 1.82) is 0 Å². The van der Waals surface area contributed by atoms with Gasteiger partial charge < -0.3 is 5.11 Å². The number of nitrogens with one attached hydrogen (secondary N) is 1. The largest absolute Gasteiger partial charge is 0.391 e. The van der Waals surface area contributed by atoms with E-state index in [1.165, 1.54) is 12.1 Å². The zero-order chi connectivity index (χ0) is 17.0. The molecule has 23 heavy (non-hydrogen) atoms. The number of hydrogen-bond acceptors (Lipinski definition) is 3. The number of benzene rings is 2. The minimum atomic E-state index is -3.82. The third-order valence-electron chi connectivity index (χ3n) is 3.33. The van der Waals surface area contributed by atoms with Crippen molar-refractivity contribution in [3.05, 3.63) is 63.6 Å². The van der Waals surface area contributed by atoms with E-state index in [9.17, 15) is 13.5 Å². The third kappa shape index (κ3) is 4.93. The van der Waals surface area contributed by atoms with Crippen LogP contribution in [0.3, 0.4) is 0 Å². The number of rotatable bonds is 6. The molecule has 0 heterocycles. The Kier molecular flexibility index (Phi) is 6.06. The van der Waals surface area contributed by atoms with Crippen molar-refractivity contribution in [2.75, 3.05) is 6.54 Å². The molecule has 0 spiro atoms. The van der Waals surface area contributed by atoms with Crippen LogP contribution in [0.5, 0.6) is 0 Å². The standard InChI is InChI=1S/C16H17Cl2NO3S/c1-11-7-16(15(18)9-14(11)17)23(21,22)19-10-13(20)8-12-5-3-2-4-6-12/h2-7,9,13,19-20H,8,10H2,1H3. The number of aliphatic hydroxyl groups excluding tert-OH is 1. The molecule has 0 aliphatic heterocycles. The molecule has 0 saturated heterocycles. The fraction of sp³-hybridized carbons (Fsp3) is 0.250. The van der Waals surface area contributed by atoms with Gasteiger partial charge in [0.05, 0.1) is 11.1 Å². The molecule has 124 valence electrons. The van der Waals surface area contributed by atoms with E-state index in [4.69, 9.17) is 23.2 Å². The molecule has 2 N–H and O–H groups in total. The van der Waals surface area contributed by atoms with Gasteiger partial charge in [-0.2, -0.15) is 0 Å². The second-order valence-corrected chi connectivity index (χ2v) is 7.78. The maximum Gasteiger partial charge on any atom is 0.242 e. The van der Waals surface area contributed by atoms with Gasteiger partial charge in [-0.15, -0.1) is 0 Å². The van der Waals surface area contributed by atoms with Crippen LogP contribution >= 0.6 is 23.2 Å². The first-order valence-corrected chi connectivity index (χ1v) is 9.21. The number of aliphatic hydroxyl groups is 1. The minimum absolute atomic E-state index is 0.0469. The summed E-state index contributed by atoms with van der Waals surface area (Å²) in [6, 6.07) is 12.2. The van der Waals surface area contributed by atoms with E-state index in [-0.39, 0.29) is 16.5 Å².